The van der Waals surface area contributed by atoms with Crippen molar-refractivity contribution >= 4 is 40.0 Å². The third-order valence-electron chi connectivity index (χ3n) is 4.87. The zero-order valence-corrected chi connectivity index (χ0v) is 17.5. The van der Waals surface area contributed by atoms with Crippen LogP contribution in [-0.2, 0) is 6.42 Å². The van der Waals surface area contributed by atoms with Crippen LogP contribution in [0.3, 0.4) is 0 Å². The largest absolute Gasteiger partial charge is 0.436 e. The quantitative estimate of drug-likeness (QED) is 0.431. The van der Waals surface area contributed by atoms with Crippen molar-refractivity contribution < 1.29 is 9.21 Å². The summed E-state index contributed by atoms with van der Waals surface area (Å²) in [6.07, 6.45) is 0.929. The van der Waals surface area contributed by atoms with Gasteiger partial charge in [0.25, 0.3) is 5.91 Å². The van der Waals surface area contributed by atoms with Gasteiger partial charge in [0.2, 0.25) is 5.89 Å². The van der Waals surface area contributed by atoms with Gasteiger partial charge in [0.1, 0.15) is 5.52 Å². The minimum atomic E-state index is -0.250. The first-order valence-corrected chi connectivity index (χ1v) is 10.1. The number of carbonyl (C=O) groups is 1. The van der Waals surface area contributed by atoms with Gasteiger partial charge >= 0.3 is 0 Å². The van der Waals surface area contributed by atoms with Crippen LogP contribution in [0.1, 0.15) is 28.4 Å². The van der Waals surface area contributed by atoms with Crippen LogP contribution >= 0.6 is 12.2 Å². The van der Waals surface area contributed by atoms with Gasteiger partial charge in [-0.25, -0.2) is 4.98 Å². The van der Waals surface area contributed by atoms with Gasteiger partial charge in [-0.2, -0.15) is 0 Å². The van der Waals surface area contributed by atoms with Crippen molar-refractivity contribution in [3.8, 4) is 11.5 Å². The Balaban J connectivity index is 1.47. The maximum atomic E-state index is 12.4. The maximum absolute atomic E-state index is 12.4. The van der Waals surface area contributed by atoms with Crippen molar-refractivity contribution in [1.82, 2.24) is 10.3 Å². The molecule has 5 nitrogen and oxygen atoms in total. The second kappa shape index (κ2) is 8.47. The first-order chi connectivity index (χ1) is 14.5. The number of nitrogens with zero attached hydrogens (tertiary/aromatic N) is 1. The van der Waals surface area contributed by atoms with E-state index < -0.39 is 0 Å². The third kappa shape index (κ3) is 4.23. The fourth-order valence-electron chi connectivity index (χ4n) is 3.16. The normalized spacial score (nSPS) is 10.7. The lowest BCUT2D eigenvalue weighted by Crippen LogP contribution is -2.34. The van der Waals surface area contributed by atoms with Gasteiger partial charge in [-0.1, -0.05) is 37.3 Å². The summed E-state index contributed by atoms with van der Waals surface area (Å²) in [5, 5.41) is 5.97. The molecule has 0 aliphatic carbocycles. The van der Waals surface area contributed by atoms with Crippen LogP contribution in [-0.4, -0.2) is 16.0 Å². The molecule has 0 bridgehead atoms. The molecule has 0 radical (unpaired) electrons. The molecule has 1 heterocycles. The number of oxazole rings is 1. The molecule has 3 aromatic carbocycles. The third-order valence-corrected chi connectivity index (χ3v) is 5.08. The van der Waals surface area contributed by atoms with E-state index in [0.717, 1.165) is 23.2 Å². The highest BCUT2D eigenvalue weighted by Gasteiger charge is 2.12. The lowest BCUT2D eigenvalue weighted by atomic mass is 10.1. The van der Waals surface area contributed by atoms with Crippen LogP contribution in [0.15, 0.2) is 71.1 Å². The molecule has 30 heavy (non-hydrogen) atoms. The highest BCUT2D eigenvalue weighted by atomic mass is 32.1. The predicted octanol–water partition coefficient (Wildman–Crippen LogP) is 5.49. The van der Waals surface area contributed by atoms with E-state index in [1.54, 1.807) is 12.1 Å². The summed E-state index contributed by atoms with van der Waals surface area (Å²) in [7, 11) is 0. The monoisotopic (exact) mass is 415 g/mol. The van der Waals surface area contributed by atoms with E-state index in [2.05, 4.69) is 22.5 Å². The number of aromatic nitrogens is 1. The minimum absolute atomic E-state index is 0.224. The van der Waals surface area contributed by atoms with Crippen molar-refractivity contribution in [2.45, 2.75) is 20.3 Å². The molecule has 150 valence electrons. The van der Waals surface area contributed by atoms with Crippen LogP contribution in [0.4, 0.5) is 5.69 Å². The lowest BCUT2D eigenvalue weighted by molar-refractivity contribution is 0.0977. The van der Waals surface area contributed by atoms with Gasteiger partial charge in [0.05, 0.1) is 0 Å². The Morgan fingerprint density at radius 3 is 2.57 bits per heavy atom. The number of hydrogen-bond donors (Lipinski definition) is 2. The van der Waals surface area contributed by atoms with Crippen molar-refractivity contribution in [1.29, 1.82) is 0 Å². The minimum Gasteiger partial charge on any atom is -0.436 e. The summed E-state index contributed by atoms with van der Waals surface area (Å²) in [6, 6.07) is 20.9. The second-order valence-corrected chi connectivity index (χ2v) is 7.38. The number of nitrogens with one attached hydrogen (secondary N) is 2. The molecule has 6 heteroatoms. The van der Waals surface area contributed by atoms with Crippen LogP contribution in [0.25, 0.3) is 22.6 Å². The number of aryl methyl sites for hydroxylation is 2. The van der Waals surface area contributed by atoms with E-state index in [4.69, 9.17) is 16.6 Å². The van der Waals surface area contributed by atoms with Crippen molar-refractivity contribution in [2.24, 2.45) is 0 Å². The zero-order valence-electron chi connectivity index (χ0n) is 16.7. The molecule has 1 aromatic heterocycles. The molecule has 1 amide bonds. The standard InChI is InChI=1S/C24H21N3O2S/c1-3-16-8-10-17(11-9-16)22(28)27-24(30)25-18-12-13-21-20(14-18)26-23(29-21)19-7-5-4-6-15(19)2/h4-14H,3H2,1-2H3,(H2,25,27,28,30). The number of rotatable bonds is 4. The van der Waals surface area contributed by atoms with E-state index in [0.29, 0.717) is 22.6 Å². The first-order valence-electron chi connectivity index (χ1n) is 9.71. The van der Waals surface area contributed by atoms with Gasteiger partial charge in [0, 0.05) is 16.8 Å². The molecule has 4 rings (SSSR count). The van der Waals surface area contributed by atoms with Gasteiger partial charge in [-0.3, -0.25) is 10.1 Å². The molecule has 0 atom stereocenters. The van der Waals surface area contributed by atoms with Gasteiger partial charge in [-0.05, 0) is 73.1 Å². The number of benzene rings is 3. The average Bonchev–Trinajstić information content (AvgIpc) is 3.17. The van der Waals surface area contributed by atoms with E-state index >= 15 is 0 Å². The molecule has 2 N–H and O–H groups in total. The molecule has 0 saturated heterocycles. The van der Waals surface area contributed by atoms with Crippen molar-refractivity contribution in [3.63, 3.8) is 0 Å². The fourth-order valence-corrected chi connectivity index (χ4v) is 3.37. The predicted molar refractivity (Wildman–Crippen MR) is 124 cm³/mol. The first kappa shape index (κ1) is 19.8. The van der Waals surface area contributed by atoms with Crippen LogP contribution in [0, 0.1) is 6.92 Å². The average molecular weight is 416 g/mol. The summed E-state index contributed by atoms with van der Waals surface area (Å²) >= 11 is 5.30. The summed E-state index contributed by atoms with van der Waals surface area (Å²) < 4.78 is 5.89. The van der Waals surface area contributed by atoms with E-state index in [1.165, 1.54) is 5.56 Å². The number of hydrogen-bond acceptors (Lipinski definition) is 4. The van der Waals surface area contributed by atoms with Gasteiger partial charge in [-0.15, -0.1) is 0 Å². The maximum Gasteiger partial charge on any atom is 0.257 e. The number of thiocarbonyl (C=S) groups is 1. The Kier molecular flexibility index (Phi) is 5.59. The Hall–Kier alpha value is -3.51. The topological polar surface area (TPSA) is 67.2 Å². The SMILES string of the molecule is CCc1ccc(C(=O)NC(=S)Nc2ccc3oc(-c4ccccc4C)nc3c2)cc1. The van der Waals surface area contributed by atoms with Crippen molar-refractivity contribution in [3.05, 3.63) is 83.4 Å². The molecule has 0 saturated carbocycles. The second-order valence-electron chi connectivity index (χ2n) is 6.98. The molecule has 0 unspecified atom stereocenters. The molecule has 4 aromatic rings. The molecule has 0 fully saturated rings. The van der Waals surface area contributed by atoms with Gasteiger partial charge < -0.3 is 9.73 Å². The smallest absolute Gasteiger partial charge is 0.257 e. The molecule has 0 aliphatic heterocycles. The highest BCUT2D eigenvalue weighted by Crippen LogP contribution is 2.28. The Morgan fingerprint density at radius 2 is 1.83 bits per heavy atom. The lowest BCUT2D eigenvalue weighted by Gasteiger charge is -2.09. The number of anilines is 1. The fraction of sp³-hybridized carbons (Fsp3) is 0.125. The van der Waals surface area contributed by atoms with Crippen molar-refractivity contribution in [2.75, 3.05) is 5.32 Å². The Labute approximate surface area is 180 Å². The summed E-state index contributed by atoms with van der Waals surface area (Å²) in [6.45, 7) is 4.10. The van der Waals surface area contributed by atoms with Crippen LogP contribution in [0.2, 0.25) is 0 Å². The molecule has 0 spiro atoms. The zero-order chi connectivity index (χ0) is 21.1. The molecular weight excluding hydrogens is 394 g/mol. The summed E-state index contributed by atoms with van der Waals surface area (Å²) in [5.74, 6) is 0.325. The van der Waals surface area contributed by atoms with E-state index in [9.17, 15) is 4.79 Å². The highest BCUT2D eigenvalue weighted by molar-refractivity contribution is 7.80. The van der Waals surface area contributed by atoms with Crippen LogP contribution < -0.4 is 10.6 Å². The Bertz CT molecular complexity index is 1230. The molecular formula is C24H21N3O2S. The number of fused-ring (bicyclic) bond motifs is 1. The molecule has 0 aliphatic rings. The summed E-state index contributed by atoms with van der Waals surface area (Å²) in [5.41, 5.74) is 5.91. The van der Waals surface area contributed by atoms with E-state index in [-0.39, 0.29) is 11.0 Å². The Morgan fingerprint density at radius 1 is 1.07 bits per heavy atom. The number of amides is 1. The van der Waals surface area contributed by atoms with Gasteiger partial charge in [0.15, 0.2) is 10.7 Å². The summed E-state index contributed by atoms with van der Waals surface area (Å²) in [4.78, 5) is 17.0. The van der Waals surface area contributed by atoms with Crippen LogP contribution in [0.5, 0.6) is 0 Å². The van der Waals surface area contributed by atoms with E-state index in [1.807, 2.05) is 61.5 Å². The number of carbonyl (C=O) groups excluding carboxylic acids is 1.